The number of aromatic nitrogens is 3. The van der Waals surface area contributed by atoms with Gasteiger partial charge in [-0.05, 0) is 72.5 Å². The Kier molecular flexibility index (Phi) is 6.82. The predicted molar refractivity (Wildman–Crippen MR) is 208 cm³/mol. The van der Waals surface area contributed by atoms with Crippen LogP contribution in [0.1, 0.15) is 38.8 Å². The highest BCUT2D eigenvalue weighted by Crippen LogP contribution is 2.56. The first kappa shape index (κ1) is 30.2. The number of fused-ring (bicyclic) bond motifs is 7. The van der Waals surface area contributed by atoms with Crippen molar-refractivity contribution in [3.8, 4) is 56.4 Å². The molecule has 1 heterocycles. The molecule has 9 rings (SSSR count). The van der Waals surface area contributed by atoms with Crippen molar-refractivity contribution in [1.82, 2.24) is 15.0 Å². The van der Waals surface area contributed by atoms with Gasteiger partial charge in [-0.25, -0.2) is 15.0 Å². The molecule has 0 saturated heterocycles. The second-order valence-electron chi connectivity index (χ2n) is 14.5. The van der Waals surface area contributed by atoms with E-state index in [9.17, 15) is 0 Å². The van der Waals surface area contributed by atoms with Gasteiger partial charge in [-0.1, -0.05) is 167 Å². The highest BCUT2D eigenvalue weighted by Gasteiger charge is 2.46. The average Bonchev–Trinajstić information content (AvgIpc) is 3.17. The van der Waals surface area contributed by atoms with Crippen LogP contribution in [0, 0.1) is 0 Å². The molecule has 0 spiro atoms. The number of hydrogen-bond acceptors (Lipinski definition) is 3. The van der Waals surface area contributed by atoms with E-state index in [1.807, 2.05) is 60.7 Å². The zero-order chi connectivity index (χ0) is 34.0. The zero-order valence-electron chi connectivity index (χ0n) is 28.8. The summed E-state index contributed by atoms with van der Waals surface area (Å²) in [5.74, 6) is 1.98. The molecule has 8 aromatic rings. The van der Waals surface area contributed by atoms with Crippen LogP contribution in [0.25, 0.3) is 78.0 Å². The minimum absolute atomic E-state index is 0.0929. The summed E-state index contributed by atoms with van der Waals surface area (Å²) < 4.78 is 0. The zero-order valence-corrected chi connectivity index (χ0v) is 28.8. The van der Waals surface area contributed by atoms with Crippen molar-refractivity contribution >= 4 is 21.5 Å². The number of hydrogen-bond donors (Lipinski definition) is 0. The Balaban J connectivity index is 1.20. The summed E-state index contributed by atoms with van der Waals surface area (Å²) in [4.78, 5) is 14.9. The predicted octanol–water partition coefficient (Wildman–Crippen LogP) is 12.1. The van der Waals surface area contributed by atoms with Crippen LogP contribution in [0.4, 0.5) is 0 Å². The third-order valence-corrected chi connectivity index (χ3v) is 11.3. The van der Waals surface area contributed by atoms with Crippen LogP contribution in [0.3, 0.4) is 0 Å². The van der Waals surface area contributed by atoms with Gasteiger partial charge in [0.2, 0.25) is 0 Å². The maximum absolute atomic E-state index is 5.00. The van der Waals surface area contributed by atoms with E-state index in [0.29, 0.717) is 17.5 Å². The quantitative estimate of drug-likeness (QED) is 0.179. The summed E-state index contributed by atoms with van der Waals surface area (Å²) in [6, 6.07) is 54.0. The van der Waals surface area contributed by atoms with Crippen LogP contribution >= 0.6 is 0 Å². The van der Waals surface area contributed by atoms with E-state index in [1.54, 1.807) is 0 Å². The molecule has 0 unspecified atom stereocenters. The molecule has 3 heteroatoms. The highest BCUT2D eigenvalue weighted by molar-refractivity contribution is 6.11. The number of rotatable bonds is 4. The molecular formula is C47H37N3. The molecule has 0 radical (unpaired) electrons. The molecule has 0 bridgehead atoms. The lowest BCUT2D eigenvalue weighted by Gasteiger charge is -2.49. The summed E-state index contributed by atoms with van der Waals surface area (Å²) in [5, 5.41) is 5.25. The Morgan fingerprint density at radius 2 is 0.920 bits per heavy atom. The largest absolute Gasteiger partial charge is 0.208 e. The molecule has 1 aliphatic carbocycles. The summed E-state index contributed by atoms with van der Waals surface area (Å²) >= 11 is 0. The van der Waals surface area contributed by atoms with Crippen LogP contribution in [0.15, 0.2) is 152 Å². The van der Waals surface area contributed by atoms with Crippen LogP contribution in [0.5, 0.6) is 0 Å². The Hall–Kier alpha value is -5.93. The van der Waals surface area contributed by atoms with Gasteiger partial charge in [-0.3, -0.25) is 0 Å². The molecule has 0 saturated carbocycles. The molecular weight excluding hydrogens is 607 g/mol. The van der Waals surface area contributed by atoms with Crippen LogP contribution in [-0.2, 0) is 10.8 Å². The summed E-state index contributed by atoms with van der Waals surface area (Å²) in [6.07, 6.45) is 0. The fourth-order valence-electron chi connectivity index (χ4n) is 7.90. The van der Waals surface area contributed by atoms with Gasteiger partial charge in [-0.2, -0.15) is 0 Å². The second kappa shape index (κ2) is 11.3. The fraction of sp³-hybridized carbons (Fsp3) is 0.128. The van der Waals surface area contributed by atoms with Gasteiger partial charge in [0.05, 0.1) is 0 Å². The van der Waals surface area contributed by atoms with Crippen molar-refractivity contribution in [2.24, 2.45) is 0 Å². The third kappa shape index (κ3) is 4.69. The number of benzene rings is 7. The van der Waals surface area contributed by atoms with E-state index in [-0.39, 0.29) is 10.8 Å². The molecule has 7 aromatic carbocycles. The van der Waals surface area contributed by atoms with Crippen molar-refractivity contribution in [2.75, 3.05) is 0 Å². The van der Waals surface area contributed by atoms with E-state index >= 15 is 0 Å². The molecule has 0 atom stereocenters. The molecule has 0 amide bonds. The third-order valence-electron chi connectivity index (χ3n) is 11.3. The number of nitrogens with zero attached hydrogens (tertiary/aromatic N) is 3. The van der Waals surface area contributed by atoms with Crippen molar-refractivity contribution in [3.63, 3.8) is 0 Å². The fourth-order valence-corrected chi connectivity index (χ4v) is 7.90. The van der Waals surface area contributed by atoms with E-state index in [0.717, 1.165) is 22.3 Å². The van der Waals surface area contributed by atoms with Crippen LogP contribution < -0.4 is 0 Å². The van der Waals surface area contributed by atoms with Gasteiger partial charge in [0.25, 0.3) is 0 Å². The summed E-state index contributed by atoms with van der Waals surface area (Å²) in [5.41, 5.74) is 10.4. The second-order valence-corrected chi connectivity index (χ2v) is 14.5. The Morgan fingerprint density at radius 3 is 1.62 bits per heavy atom. The Morgan fingerprint density at radius 1 is 0.360 bits per heavy atom. The molecule has 240 valence electrons. The maximum Gasteiger partial charge on any atom is 0.164 e. The van der Waals surface area contributed by atoms with Gasteiger partial charge < -0.3 is 0 Å². The molecule has 50 heavy (non-hydrogen) atoms. The highest BCUT2D eigenvalue weighted by atomic mass is 15.0. The average molecular weight is 644 g/mol. The monoisotopic (exact) mass is 643 g/mol. The topological polar surface area (TPSA) is 38.7 Å². The lowest BCUT2D eigenvalue weighted by molar-refractivity contribution is 0.301. The first-order valence-corrected chi connectivity index (χ1v) is 17.4. The standard InChI is InChI=1S/C47H37N3/c1-46(2)41-27-23-34(29-40(41)39-26-25-37-36-21-12-11-14-30(36)22-24-38(37)42(39)47(46,3)4)33-19-13-20-35(28-33)45-49-43(31-15-7-5-8-16-31)48-44(50-45)32-17-9-6-10-18-32/h5-29H,1-4H3. The molecule has 0 aliphatic heterocycles. The Labute approximate surface area is 293 Å². The first-order chi connectivity index (χ1) is 24.3. The van der Waals surface area contributed by atoms with E-state index < -0.39 is 0 Å². The van der Waals surface area contributed by atoms with Crippen molar-refractivity contribution in [2.45, 2.75) is 38.5 Å². The molecule has 1 aromatic heterocycles. The first-order valence-electron chi connectivity index (χ1n) is 17.4. The van der Waals surface area contributed by atoms with Crippen molar-refractivity contribution in [3.05, 3.63) is 163 Å². The van der Waals surface area contributed by atoms with Crippen LogP contribution in [0.2, 0.25) is 0 Å². The van der Waals surface area contributed by atoms with Crippen molar-refractivity contribution in [1.29, 1.82) is 0 Å². The Bertz CT molecular complexity index is 2530. The van der Waals surface area contributed by atoms with Gasteiger partial charge in [0, 0.05) is 22.1 Å². The van der Waals surface area contributed by atoms with Crippen LogP contribution in [-0.4, -0.2) is 15.0 Å². The normalized spacial score (nSPS) is 14.3. The SMILES string of the molecule is CC1(C)c2ccc(-c3cccc(-c4nc(-c5ccccc5)nc(-c5ccccc5)n4)c3)cc2-c2ccc3c(ccc4ccccc43)c2C1(C)C. The van der Waals surface area contributed by atoms with E-state index in [2.05, 4.69) is 119 Å². The van der Waals surface area contributed by atoms with Gasteiger partial charge in [-0.15, -0.1) is 0 Å². The van der Waals surface area contributed by atoms with Gasteiger partial charge in [0.15, 0.2) is 17.5 Å². The van der Waals surface area contributed by atoms with E-state index in [4.69, 9.17) is 15.0 Å². The maximum atomic E-state index is 5.00. The lowest BCUT2D eigenvalue weighted by Crippen LogP contribution is -2.43. The minimum atomic E-state index is -0.0950. The summed E-state index contributed by atoms with van der Waals surface area (Å²) in [6.45, 7) is 9.65. The molecule has 1 aliphatic rings. The minimum Gasteiger partial charge on any atom is -0.208 e. The van der Waals surface area contributed by atoms with Gasteiger partial charge >= 0.3 is 0 Å². The molecule has 0 N–H and O–H groups in total. The smallest absolute Gasteiger partial charge is 0.164 e. The molecule has 0 fully saturated rings. The summed E-state index contributed by atoms with van der Waals surface area (Å²) in [7, 11) is 0. The van der Waals surface area contributed by atoms with Crippen molar-refractivity contribution < 1.29 is 0 Å². The van der Waals surface area contributed by atoms with E-state index in [1.165, 1.54) is 49.4 Å². The lowest BCUT2D eigenvalue weighted by atomic mass is 9.54. The van der Waals surface area contributed by atoms with Gasteiger partial charge in [0.1, 0.15) is 0 Å². The molecule has 3 nitrogen and oxygen atoms in total.